The van der Waals surface area contributed by atoms with Crippen molar-refractivity contribution in [2.24, 2.45) is 13.0 Å². The highest BCUT2D eigenvalue weighted by atomic mass is 16.5. The lowest BCUT2D eigenvalue weighted by Gasteiger charge is -2.35. The van der Waals surface area contributed by atoms with Crippen molar-refractivity contribution in [1.82, 2.24) is 24.6 Å². The lowest BCUT2D eigenvalue weighted by Crippen LogP contribution is -2.44. The van der Waals surface area contributed by atoms with Gasteiger partial charge in [0.15, 0.2) is 5.82 Å². The molecular weight excluding hydrogens is 266 g/mol. The molecule has 0 amide bonds. The summed E-state index contributed by atoms with van der Waals surface area (Å²) in [5.74, 6) is 1.84. The zero-order valence-corrected chi connectivity index (χ0v) is 13.2. The molecule has 0 aromatic carbocycles. The SMILES string of the molecule is CC1CCN(CCN2CCOC(c3nncn3C)C2)CC1. The third-order valence-electron chi connectivity index (χ3n) is 4.79. The summed E-state index contributed by atoms with van der Waals surface area (Å²) in [7, 11) is 1.98. The fourth-order valence-electron chi connectivity index (χ4n) is 3.21. The molecule has 1 atom stereocenters. The number of ether oxygens (including phenoxy) is 1. The molecule has 6 heteroatoms. The molecule has 6 nitrogen and oxygen atoms in total. The first-order valence-electron chi connectivity index (χ1n) is 8.12. The first-order valence-corrected chi connectivity index (χ1v) is 8.12. The third kappa shape index (κ3) is 3.81. The van der Waals surface area contributed by atoms with Gasteiger partial charge in [-0.15, -0.1) is 10.2 Å². The van der Waals surface area contributed by atoms with Gasteiger partial charge in [-0.3, -0.25) is 4.90 Å². The zero-order chi connectivity index (χ0) is 14.7. The average molecular weight is 293 g/mol. The number of hydrogen-bond acceptors (Lipinski definition) is 5. The van der Waals surface area contributed by atoms with Crippen molar-refractivity contribution in [2.45, 2.75) is 25.9 Å². The first kappa shape index (κ1) is 14.9. The molecule has 1 unspecified atom stereocenters. The van der Waals surface area contributed by atoms with E-state index in [4.69, 9.17) is 4.74 Å². The molecule has 0 saturated carbocycles. The Morgan fingerprint density at radius 1 is 1.19 bits per heavy atom. The maximum atomic E-state index is 5.86. The van der Waals surface area contributed by atoms with Gasteiger partial charge in [0.05, 0.1) is 6.61 Å². The van der Waals surface area contributed by atoms with Crippen LogP contribution in [-0.4, -0.2) is 70.4 Å². The maximum absolute atomic E-state index is 5.86. The molecule has 3 heterocycles. The average Bonchev–Trinajstić information content (AvgIpc) is 2.93. The van der Waals surface area contributed by atoms with E-state index in [1.54, 1.807) is 6.33 Å². The Morgan fingerprint density at radius 2 is 1.95 bits per heavy atom. The molecule has 0 spiro atoms. The van der Waals surface area contributed by atoms with Crippen LogP contribution in [0.5, 0.6) is 0 Å². The molecule has 1 aromatic heterocycles. The van der Waals surface area contributed by atoms with Crippen LogP contribution >= 0.6 is 0 Å². The normalized spacial score (nSPS) is 26.3. The van der Waals surface area contributed by atoms with Gasteiger partial charge in [-0.25, -0.2) is 0 Å². The molecular formula is C15H27N5O. The lowest BCUT2D eigenvalue weighted by molar-refractivity contribution is -0.0382. The van der Waals surface area contributed by atoms with Gasteiger partial charge in [0.2, 0.25) is 0 Å². The van der Waals surface area contributed by atoms with Gasteiger partial charge >= 0.3 is 0 Å². The second kappa shape index (κ2) is 6.85. The van der Waals surface area contributed by atoms with Crippen LogP contribution in [0.2, 0.25) is 0 Å². The highest BCUT2D eigenvalue weighted by Crippen LogP contribution is 2.20. The Bertz CT molecular complexity index is 441. The molecule has 0 radical (unpaired) electrons. The van der Waals surface area contributed by atoms with Crippen LogP contribution in [0.3, 0.4) is 0 Å². The summed E-state index contributed by atoms with van der Waals surface area (Å²) < 4.78 is 7.82. The third-order valence-corrected chi connectivity index (χ3v) is 4.79. The van der Waals surface area contributed by atoms with E-state index >= 15 is 0 Å². The summed E-state index contributed by atoms with van der Waals surface area (Å²) in [5.41, 5.74) is 0. The second-order valence-electron chi connectivity index (χ2n) is 6.48. The van der Waals surface area contributed by atoms with Crippen molar-refractivity contribution in [1.29, 1.82) is 0 Å². The Morgan fingerprint density at radius 3 is 2.67 bits per heavy atom. The summed E-state index contributed by atoms with van der Waals surface area (Å²) in [4.78, 5) is 5.10. The molecule has 0 N–H and O–H groups in total. The fraction of sp³-hybridized carbons (Fsp3) is 0.867. The van der Waals surface area contributed by atoms with Gasteiger partial charge < -0.3 is 14.2 Å². The van der Waals surface area contributed by atoms with E-state index in [0.717, 1.165) is 38.0 Å². The van der Waals surface area contributed by atoms with Crippen LogP contribution in [0.25, 0.3) is 0 Å². The number of aryl methyl sites for hydroxylation is 1. The number of piperidine rings is 1. The Kier molecular flexibility index (Phi) is 4.87. The van der Waals surface area contributed by atoms with Crippen molar-refractivity contribution in [2.75, 3.05) is 45.9 Å². The topological polar surface area (TPSA) is 46.4 Å². The number of aromatic nitrogens is 3. The number of rotatable bonds is 4. The zero-order valence-electron chi connectivity index (χ0n) is 13.2. The minimum atomic E-state index is 0.0626. The van der Waals surface area contributed by atoms with Gasteiger partial charge in [-0.2, -0.15) is 0 Å². The van der Waals surface area contributed by atoms with Crippen LogP contribution in [0, 0.1) is 5.92 Å². The smallest absolute Gasteiger partial charge is 0.163 e. The van der Waals surface area contributed by atoms with Crippen molar-refractivity contribution < 1.29 is 4.74 Å². The Balaban J connectivity index is 1.47. The van der Waals surface area contributed by atoms with Gasteiger partial charge in [0, 0.05) is 33.2 Å². The van der Waals surface area contributed by atoms with Gasteiger partial charge in [-0.1, -0.05) is 6.92 Å². The second-order valence-corrected chi connectivity index (χ2v) is 6.48. The van der Waals surface area contributed by atoms with Crippen LogP contribution in [0.1, 0.15) is 31.7 Å². The van der Waals surface area contributed by atoms with Gasteiger partial charge in [0.25, 0.3) is 0 Å². The number of hydrogen-bond donors (Lipinski definition) is 0. The van der Waals surface area contributed by atoms with Gasteiger partial charge in [-0.05, 0) is 31.8 Å². The van der Waals surface area contributed by atoms with E-state index in [2.05, 4.69) is 26.9 Å². The highest BCUT2D eigenvalue weighted by molar-refractivity contribution is 4.94. The molecule has 0 bridgehead atoms. The van der Waals surface area contributed by atoms with Crippen LogP contribution in [0.15, 0.2) is 6.33 Å². The largest absolute Gasteiger partial charge is 0.368 e. The molecule has 21 heavy (non-hydrogen) atoms. The van der Waals surface area contributed by atoms with E-state index < -0.39 is 0 Å². The maximum Gasteiger partial charge on any atom is 0.163 e. The van der Waals surface area contributed by atoms with E-state index in [1.807, 2.05) is 11.6 Å². The fourth-order valence-corrected chi connectivity index (χ4v) is 3.21. The molecule has 2 saturated heterocycles. The van der Waals surface area contributed by atoms with Crippen molar-refractivity contribution in [3.8, 4) is 0 Å². The molecule has 1 aromatic rings. The van der Waals surface area contributed by atoms with E-state index in [1.165, 1.54) is 32.5 Å². The monoisotopic (exact) mass is 293 g/mol. The summed E-state index contributed by atoms with van der Waals surface area (Å²) in [6.07, 6.45) is 4.51. The van der Waals surface area contributed by atoms with Gasteiger partial charge in [0.1, 0.15) is 12.4 Å². The molecule has 2 aliphatic heterocycles. The number of nitrogens with zero attached hydrogens (tertiary/aromatic N) is 5. The Hall–Kier alpha value is -0.980. The quantitative estimate of drug-likeness (QED) is 0.826. The minimum Gasteiger partial charge on any atom is -0.368 e. The van der Waals surface area contributed by atoms with Crippen molar-refractivity contribution in [3.63, 3.8) is 0 Å². The van der Waals surface area contributed by atoms with Crippen LogP contribution < -0.4 is 0 Å². The minimum absolute atomic E-state index is 0.0626. The number of morpholine rings is 1. The van der Waals surface area contributed by atoms with Crippen LogP contribution in [0.4, 0.5) is 0 Å². The van der Waals surface area contributed by atoms with E-state index in [-0.39, 0.29) is 6.10 Å². The molecule has 2 aliphatic rings. The standard InChI is InChI=1S/C15H27N5O/c1-13-3-5-19(6-4-13)7-8-20-9-10-21-14(11-20)15-17-16-12-18(15)2/h12-14H,3-11H2,1-2H3. The highest BCUT2D eigenvalue weighted by Gasteiger charge is 2.25. The predicted octanol–water partition coefficient (Wildman–Crippen LogP) is 0.920. The summed E-state index contributed by atoms with van der Waals surface area (Å²) in [5, 5.41) is 8.14. The summed E-state index contributed by atoms with van der Waals surface area (Å²) in [6.45, 7) is 9.94. The predicted molar refractivity (Wildman–Crippen MR) is 81.0 cm³/mol. The Labute approximate surface area is 127 Å². The summed E-state index contributed by atoms with van der Waals surface area (Å²) in [6, 6.07) is 0. The van der Waals surface area contributed by atoms with Crippen molar-refractivity contribution in [3.05, 3.63) is 12.2 Å². The van der Waals surface area contributed by atoms with Crippen molar-refractivity contribution >= 4 is 0 Å². The first-order chi connectivity index (χ1) is 10.2. The number of likely N-dealkylation sites (tertiary alicyclic amines) is 1. The van der Waals surface area contributed by atoms with Crippen LogP contribution in [-0.2, 0) is 11.8 Å². The summed E-state index contributed by atoms with van der Waals surface area (Å²) >= 11 is 0. The molecule has 2 fully saturated rings. The lowest BCUT2D eigenvalue weighted by atomic mass is 9.99. The molecule has 3 rings (SSSR count). The van der Waals surface area contributed by atoms with E-state index in [0.29, 0.717) is 0 Å². The molecule has 118 valence electrons. The van der Waals surface area contributed by atoms with E-state index in [9.17, 15) is 0 Å². The molecule has 0 aliphatic carbocycles.